The predicted molar refractivity (Wildman–Crippen MR) is 63.1 cm³/mol. The maximum Gasteiger partial charge on any atom is 0.162 e. The molecular formula is C11H10INO. The summed E-state index contributed by atoms with van der Waals surface area (Å²) in [4.78, 5) is 11.4. The maximum atomic E-state index is 11.4. The van der Waals surface area contributed by atoms with Gasteiger partial charge >= 0.3 is 0 Å². The van der Waals surface area contributed by atoms with Crippen LogP contribution >= 0.6 is 22.6 Å². The number of halogens is 1. The number of carbonyl (C=O) groups excluding carboxylic acids is 1. The quantitative estimate of drug-likeness (QED) is 0.636. The fourth-order valence-electron chi connectivity index (χ4n) is 1.17. The maximum absolute atomic E-state index is 11.4. The van der Waals surface area contributed by atoms with Crippen molar-refractivity contribution in [2.45, 2.75) is 19.8 Å². The summed E-state index contributed by atoms with van der Waals surface area (Å²) in [7, 11) is 0. The van der Waals surface area contributed by atoms with E-state index in [2.05, 4.69) is 28.7 Å². The number of nitrogens with zero attached hydrogens (tertiary/aromatic N) is 1. The van der Waals surface area contributed by atoms with Crippen LogP contribution in [0.15, 0.2) is 18.2 Å². The number of hydrogen-bond donors (Lipinski definition) is 0. The van der Waals surface area contributed by atoms with Gasteiger partial charge < -0.3 is 0 Å². The van der Waals surface area contributed by atoms with Gasteiger partial charge in [-0.25, -0.2) is 0 Å². The number of ketones is 1. The first kappa shape index (κ1) is 11.2. The standard InChI is InChI=1S/C11H10INO/c1-2-11(14)9-3-4-10(12)8(7-9)5-6-13/h3-4,7H,2,5H2,1H3. The van der Waals surface area contributed by atoms with Crippen molar-refractivity contribution in [2.75, 3.05) is 0 Å². The van der Waals surface area contributed by atoms with Crippen LogP contribution in [-0.2, 0) is 6.42 Å². The van der Waals surface area contributed by atoms with Gasteiger partial charge in [0.15, 0.2) is 5.78 Å². The van der Waals surface area contributed by atoms with Crippen LogP contribution in [-0.4, -0.2) is 5.78 Å². The summed E-state index contributed by atoms with van der Waals surface area (Å²) in [6.07, 6.45) is 0.871. The summed E-state index contributed by atoms with van der Waals surface area (Å²) in [6, 6.07) is 7.61. The van der Waals surface area contributed by atoms with Gasteiger partial charge in [-0.3, -0.25) is 4.79 Å². The van der Waals surface area contributed by atoms with Crippen molar-refractivity contribution in [1.82, 2.24) is 0 Å². The molecule has 0 amide bonds. The third-order valence-electron chi connectivity index (χ3n) is 1.96. The van der Waals surface area contributed by atoms with Crippen LogP contribution in [0.3, 0.4) is 0 Å². The summed E-state index contributed by atoms with van der Waals surface area (Å²) < 4.78 is 1.04. The van der Waals surface area contributed by atoms with Crippen molar-refractivity contribution < 1.29 is 4.79 Å². The van der Waals surface area contributed by atoms with E-state index < -0.39 is 0 Å². The second kappa shape index (κ2) is 5.11. The predicted octanol–water partition coefficient (Wildman–Crippen LogP) is 2.95. The molecule has 72 valence electrons. The average Bonchev–Trinajstić information content (AvgIpc) is 2.20. The first-order chi connectivity index (χ1) is 6.69. The Labute approximate surface area is 97.1 Å². The number of Topliss-reactive ketones (excluding diaryl/α,β-unsaturated/α-hetero) is 1. The minimum absolute atomic E-state index is 0.126. The highest BCUT2D eigenvalue weighted by atomic mass is 127. The normalized spacial score (nSPS) is 9.50. The average molecular weight is 299 g/mol. The lowest BCUT2D eigenvalue weighted by Crippen LogP contribution is -1.99. The van der Waals surface area contributed by atoms with E-state index in [0.29, 0.717) is 18.4 Å². The van der Waals surface area contributed by atoms with Gasteiger partial charge in [-0.1, -0.05) is 13.0 Å². The topological polar surface area (TPSA) is 40.9 Å². The molecule has 0 fully saturated rings. The molecule has 0 saturated carbocycles. The molecule has 0 aliphatic heterocycles. The molecule has 3 heteroatoms. The molecule has 0 bridgehead atoms. The minimum Gasteiger partial charge on any atom is -0.294 e. The molecule has 0 heterocycles. The summed E-state index contributed by atoms with van der Waals surface area (Å²) in [5.74, 6) is 0.126. The molecule has 1 rings (SSSR count). The van der Waals surface area contributed by atoms with Crippen molar-refractivity contribution >= 4 is 28.4 Å². The van der Waals surface area contributed by atoms with Gasteiger partial charge in [-0.15, -0.1) is 0 Å². The van der Waals surface area contributed by atoms with Gasteiger partial charge in [0.2, 0.25) is 0 Å². The molecular weight excluding hydrogens is 289 g/mol. The van der Waals surface area contributed by atoms with Crippen LogP contribution in [0.5, 0.6) is 0 Å². The van der Waals surface area contributed by atoms with E-state index in [9.17, 15) is 4.79 Å². The van der Waals surface area contributed by atoms with E-state index in [0.717, 1.165) is 9.13 Å². The molecule has 2 nitrogen and oxygen atoms in total. The van der Waals surface area contributed by atoms with Crippen LogP contribution in [0.1, 0.15) is 29.3 Å². The number of nitriles is 1. The first-order valence-electron chi connectivity index (χ1n) is 4.37. The zero-order chi connectivity index (χ0) is 10.6. The smallest absolute Gasteiger partial charge is 0.162 e. The lowest BCUT2D eigenvalue weighted by Gasteiger charge is -2.03. The van der Waals surface area contributed by atoms with Gasteiger partial charge in [0.05, 0.1) is 12.5 Å². The summed E-state index contributed by atoms with van der Waals surface area (Å²) >= 11 is 2.17. The van der Waals surface area contributed by atoms with Gasteiger partial charge in [0.1, 0.15) is 0 Å². The van der Waals surface area contributed by atoms with E-state index in [1.807, 2.05) is 25.1 Å². The Hall–Kier alpha value is -0.890. The Balaban J connectivity index is 3.07. The highest BCUT2D eigenvalue weighted by molar-refractivity contribution is 14.1. The third kappa shape index (κ3) is 2.55. The molecule has 0 spiro atoms. The Bertz CT molecular complexity index is 393. The zero-order valence-corrected chi connectivity index (χ0v) is 10.0. The lowest BCUT2D eigenvalue weighted by atomic mass is 10.0. The fraction of sp³-hybridized carbons (Fsp3) is 0.273. The highest BCUT2D eigenvalue weighted by Gasteiger charge is 2.06. The first-order valence-corrected chi connectivity index (χ1v) is 5.45. The number of hydrogen-bond acceptors (Lipinski definition) is 2. The molecule has 0 aliphatic carbocycles. The van der Waals surface area contributed by atoms with Gasteiger partial charge in [0, 0.05) is 15.6 Å². The molecule has 1 aromatic rings. The molecule has 0 aliphatic rings. The Morgan fingerprint density at radius 2 is 2.29 bits per heavy atom. The van der Waals surface area contributed by atoms with E-state index in [1.165, 1.54) is 0 Å². The van der Waals surface area contributed by atoms with Crippen molar-refractivity contribution in [3.05, 3.63) is 32.9 Å². The van der Waals surface area contributed by atoms with Crippen molar-refractivity contribution in [3.63, 3.8) is 0 Å². The zero-order valence-electron chi connectivity index (χ0n) is 7.88. The minimum atomic E-state index is 0.126. The molecule has 0 atom stereocenters. The lowest BCUT2D eigenvalue weighted by molar-refractivity contribution is 0.0988. The third-order valence-corrected chi connectivity index (χ3v) is 3.01. The largest absolute Gasteiger partial charge is 0.294 e. The van der Waals surface area contributed by atoms with Gasteiger partial charge in [0.25, 0.3) is 0 Å². The number of benzene rings is 1. The second-order valence-corrected chi connectivity index (χ2v) is 4.08. The molecule has 0 aromatic heterocycles. The van der Waals surface area contributed by atoms with E-state index in [1.54, 1.807) is 0 Å². The summed E-state index contributed by atoms with van der Waals surface area (Å²) in [5.41, 5.74) is 1.64. The van der Waals surface area contributed by atoms with E-state index >= 15 is 0 Å². The van der Waals surface area contributed by atoms with Crippen LogP contribution in [0, 0.1) is 14.9 Å². The van der Waals surface area contributed by atoms with Crippen LogP contribution in [0.2, 0.25) is 0 Å². The molecule has 0 N–H and O–H groups in total. The van der Waals surface area contributed by atoms with Crippen molar-refractivity contribution in [3.8, 4) is 6.07 Å². The van der Waals surface area contributed by atoms with Crippen LogP contribution < -0.4 is 0 Å². The Morgan fingerprint density at radius 3 is 2.86 bits per heavy atom. The fourth-order valence-corrected chi connectivity index (χ4v) is 1.70. The second-order valence-electron chi connectivity index (χ2n) is 2.92. The number of carbonyl (C=O) groups is 1. The number of rotatable bonds is 3. The van der Waals surface area contributed by atoms with Gasteiger partial charge in [-0.2, -0.15) is 5.26 Å². The highest BCUT2D eigenvalue weighted by Crippen LogP contribution is 2.16. The van der Waals surface area contributed by atoms with E-state index in [-0.39, 0.29) is 5.78 Å². The van der Waals surface area contributed by atoms with Gasteiger partial charge in [-0.05, 0) is 40.3 Å². The van der Waals surface area contributed by atoms with Crippen LogP contribution in [0.4, 0.5) is 0 Å². The monoisotopic (exact) mass is 299 g/mol. The SMILES string of the molecule is CCC(=O)c1ccc(I)c(CC#N)c1. The molecule has 0 unspecified atom stereocenters. The van der Waals surface area contributed by atoms with Crippen molar-refractivity contribution in [1.29, 1.82) is 5.26 Å². The molecule has 1 aromatic carbocycles. The Morgan fingerprint density at radius 1 is 1.57 bits per heavy atom. The van der Waals surface area contributed by atoms with E-state index in [4.69, 9.17) is 5.26 Å². The van der Waals surface area contributed by atoms with Crippen molar-refractivity contribution in [2.24, 2.45) is 0 Å². The molecule has 0 saturated heterocycles. The molecule has 0 radical (unpaired) electrons. The molecule has 14 heavy (non-hydrogen) atoms. The van der Waals surface area contributed by atoms with Crippen LogP contribution in [0.25, 0.3) is 0 Å². The Kier molecular flexibility index (Phi) is 4.08. The summed E-state index contributed by atoms with van der Waals surface area (Å²) in [5, 5.41) is 8.59. The summed E-state index contributed by atoms with van der Waals surface area (Å²) in [6.45, 7) is 1.84.